The van der Waals surface area contributed by atoms with Crippen LogP contribution >= 0.6 is 0 Å². The Hall–Kier alpha value is -2.47. The minimum Gasteiger partial charge on any atom is -0.378 e. The zero-order valence-electron chi connectivity index (χ0n) is 14.3. The third kappa shape index (κ3) is 3.54. The van der Waals surface area contributed by atoms with Gasteiger partial charge in [0.25, 0.3) is 5.91 Å². The summed E-state index contributed by atoms with van der Waals surface area (Å²) in [6.45, 7) is 3.52. The number of morpholine rings is 1. The van der Waals surface area contributed by atoms with Crippen LogP contribution in [0.25, 0.3) is 0 Å². The average Bonchev–Trinajstić information content (AvgIpc) is 2.61. The number of aryl methyl sites for hydroxylation is 1. The van der Waals surface area contributed by atoms with Gasteiger partial charge in [0.1, 0.15) is 11.8 Å². The van der Waals surface area contributed by atoms with Crippen LogP contribution < -0.4 is 4.90 Å². The molecule has 126 valence electrons. The first-order valence-corrected chi connectivity index (χ1v) is 8.02. The number of hydrogen-bond acceptors (Lipinski definition) is 5. The number of amides is 1. The van der Waals surface area contributed by atoms with Crippen molar-refractivity contribution >= 4 is 11.6 Å². The van der Waals surface area contributed by atoms with Crippen molar-refractivity contribution in [3.8, 4) is 0 Å². The maximum Gasteiger partial charge on any atom is 0.272 e. The topological polar surface area (TPSA) is 58.6 Å². The van der Waals surface area contributed by atoms with Crippen LogP contribution in [0, 0.1) is 6.92 Å². The summed E-state index contributed by atoms with van der Waals surface area (Å²) in [5.74, 6) is -0.0654. The first-order valence-electron chi connectivity index (χ1n) is 8.02. The van der Waals surface area contributed by atoms with Gasteiger partial charge in [-0.05, 0) is 31.2 Å². The quantitative estimate of drug-likeness (QED) is 0.864. The van der Waals surface area contributed by atoms with Crippen LogP contribution in [0.3, 0.4) is 0 Å². The van der Waals surface area contributed by atoms with E-state index >= 15 is 0 Å². The molecule has 0 radical (unpaired) electrons. The van der Waals surface area contributed by atoms with Gasteiger partial charge in [0.15, 0.2) is 0 Å². The summed E-state index contributed by atoms with van der Waals surface area (Å²) in [5, 5.41) is 0. The highest BCUT2D eigenvalue weighted by Gasteiger charge is 2.27. The molecular formula is C18H22N4O2. The smallest absolute Gasteiger partial charge is 0.272 e. The monoisotopic (exact) mass is 326 g/mol. The van der Waals surface area contributed by atoms with E-state index in [2.05, 4.69) is 9.97 Å². The summed E-state index contributed by atoms with van der Waals surface area (Å²) in [6, 6.07) is 9.42. The molecule has 0 N–H and O–H groups in total. The molecule has 1 atom stereocenters. The molecule has 2 aromatic heterocycles. The lowest BCUT2D eigenvalue weighted by atomic mass is 10.1. The molecule has 1 saturated heterocycles. The van der Waals surface area contributed by atoms with Gasteiger partial charge in [0.05, 0.1) is 18.8 Å². The highest BCUT2D eigenvalue weighted by Crippen LogP contribution is 2.25. The molecule has 1 amide bonds. The van der Waals surface area contributed by atoms with Gasteiger partial charge in [-0.15, -0.1) is 0 Å². The molecule has 1 aliphatic rings. The number of carbonyl (C=O) groups excluding carboxylic acids is 1. The molecule has 0 aliphatic carbocycles. The van der Waals surface area contributed by atoms with E-state index in [1.165, 1.54) is 0 Å². The Bertz CT molecular complexity index is 718. The molecule has 0 spiro atoms. The summed E-state index contributed by atoms with van der Waals surface area (Å²) in [7, 11) is 3.99. The van der Waals surface area contributed by atoms with Crippen LogP contribution in [0.15, 0.2) is 36.5 Å². The molecule has 24 heavy (non-hydrogen) atoms. The first kappa shape index (κ1) is 16.4. The number of carbonyl (C=O) groups is 1. The first-order chi connectivity index (χ1) is 11.5. The van der Waals surface area contributed by atoms with Gasteiger partial charge in [0, 0.05) is 38.2 Å². The number of anilines is 1. The largest absolute Gasteiger partial charge is 0.378 e. The predicted molar refractivity (Wildman–Crippen MR) is 92.1 cm³/mol. The maximum atomic E-state index is 12.6. The maximum absolute atomic E-state index is 12.6. The van der Waals surface area contributed by atoms with Crippen molar-refractivity contribution in [2.75, 3.05) is 38.7 Å². The Morgan fingerprint density at radius 1 is 1.33 bits per heavy atom. The minimum absolute atomic E-state index is 0.0654. The lowest BCUT2D eigenvalue weighted by Crippen LogP contribution is -2.42. The van der Waals surface area contributed by atoms with E-state index < -0.39 is 0 Å². The third-order valence-electron chi connectivity index (χ3n) is 4.04. The number of aromatic nitrogens is 2. The van der Waals surface area contributed by atoms with Crippen LogP contribution in [-0.2, 0) is 4.74 Å². The molecule has 0 unspecified atom stereocenters. The van der Waals surface area contributed by atoms with Crippen molar-refractivity contribution in [3.05, 3.63) is 53.6 Å². The van der Waals surface area contributed by atoms with Gasteiger partial charge in [-0.1, -0.05) is 6.07 Å². The van der Waals surface area contributed by atoms with Crippen molar-refractivity contribution in [2.45, 2.75) is 13.0 Å². The van der Waals surface area contributed by atoms with Crippen LogP contribution in [-0.4, -0.2) is 54.6 Å². The zero-order valence-corrected chi connectivity index (χ0v) is 14.3. The lowest BCUT2D eigenvalue weighted by Gasteiger charge is -2.33. The number of hydrogen-bond donors (Lipinski definition) is 0. The van der Waals surface area contributed by atoms with Crippen LogP contribution in [0.2, 0.25) is 0 Å². The molecule has 0 saturated carbocycles. The number of pyridine rings is 2. The molecule has 2 aromatic rings. The Morgan fingerprint density at radius 3 is 2.88 bits per heavy atom. The minimum atomic E-state index is -0.218. The fourth-order valence-corrected chi connectivity index (χ4v) is 2.76. The van der Waals surface area contributed by atoms with Crippen LogP contribution in [0.4, 0.5) is 5.69 Å². The van der Waals surface area contributed by atoms with Crippen LogP contribution in [0.1, 0.15) is 28.0 Å². The second-order valence-corrected chi connectivity index (χ2v) is 6.11. The highest BCUT2D eigenvalue weighted by molar-refractivity contribution is 5.92. The Balaban J connectivity index is 1.80. The van der Waals surface area contributed by atoms with Gasteiger partial charge in [-0.3, -0.25) is 14.8 Å². The van der Waals surface area contributed by atoms with Crippen molar-refractivity contribution in [3.63, 3.8) is 0 Å². The Kier molecular flexibility index (Phi) is 4.76. The van der Waals surface area contributed by atoms with Crippen molar-refractivity contribution in [2.24, 2.45) is 0 Å². The second-order valence-electron chi connectivity index (χ2n) is 6.11. The fraction of sp³-hybridized carbons (Fsp3) is 0.389. The van der Waals surface area contributed by atoms with E-state index in [1.807, 2.05) is 44.1 Å². The van der Waals surface area contributed by atoms with E-state index in [4.69, 9.17) is 4.74 Å². The van der Waals surface area contributed by atoms with Gasteiger partial charge in [-0.25, -0.2) is 0 Å². The second kappa shape index (κ2) is 6.97. The number of nitrogens with zero attached hydrogens (tertiary/aromatic N) is 4. The Labute approximate surface area is 142 Å². The standard InChI is InChI=1S/C18H22N4O2/c1-13-10-14(21(2)3)11-16(20-13)17-12-22(8-9-24-17)18(23)15-6-4-5-7-19-15/h4-7,10-11,17H,8-9,12H2,1-3H3/t17-/m0/s1. The molecule has 0 bridgehead atoms. The number of ether oxygens (including phenoxy) is 1. The molecule has 3 rings (SSSR count). The van der Waals surface area contributed by atoms with Crippen molar-refractivity contribution < 1.29 is 9.53 Å². The van der Waals surface area contributed by atoms with Crippen molar-refractivity contribution in [1.29, 1.82) is 0 Å². The highest BCUT2D eigenvalue weighted by atomic mass is 16.5. The molecule has 1 aliphatic heterocycles. The summed E-state index contributed by atoms with van der Waals surface area (Å²) < 4.78 is 5.87. The normalized spacial score (nSPS) is 17.6. The Morgan fingerprint density at radius 2 is 2.17 bits per heavy atom. The van der Waals surface area contributed by atoms with E-state index in [-0.39, 0.29) is 12.0 Å². The van der Waals surface area contributed by atoms with Crippen molar-refractivity contribution in [1.82, 2.24) is 14.9 Å². The SMILES string of the molecule is Cc1cc(N(C)C)cc([C@@H]2CN(C(=O)c3ccccn3)CCO2)n1. The molecule has 3 heterocycles. The van der Waals surface area contributed by atoms with Gasteiger partial charge < -0.3 is 14.5 Å². The lowest BCUT2D eigenvalue weighted by molar-refractivity contribution is -0.0249. The van der Waals surface area contributed by atoms with Crippen LogP contribution in [0.5, 0.6) is 0 Å². The van der Waals surface area contributed by atoms with Gasteiger partial charge >= 0.3 is 0 Å². The molecule has 0 aromatic carbocycles. The molecule has 1 fully saturated rings. The summed E-state index contributed by atoms with van der Waals surface area (Å²) in [4.78, 5) is 25.2. The molecule has 6 nitrogen and oxygen atoms in total. The third-order valence-corrected chi connectivity index (χ3v) is 4.04. The molecule has 6 heteroatoms. The fourth-order valence-electron chi connectivity index (χ4n) is 2.76. The van der Waals surface area contributed by atoms with E-state index in [9.17, 15) is 4.79 Å². The predicted octanol–water partition coefficient (Wildman–Crippen LogP) is 2.06. The average molecular weight is 326 g/mol. The van der Waals surface area contributed by atoms with Gasteiger partial charge in [-0.2, -0.15) is 0 Å². The zero-order chi connectivity index (χ0) is 17.1. The summed E-state index contributed by atoms with van der Waals surface area (Å²) >= 11 is 0. The number of rotatable bonds is 3. The van der Waals surface area contributed by atoms with E-state index in [0.717, 1.165) is 17.1 Å². The summed E-state index contributed by atoms with van der Waals surface area (Å²) in [5.41, 5.74) is 3.34. The summed E-state index contributed by atoms with van der Waals surface area (Å²) in [6.07, 6.45) is 1.42. The van der Waals surface area contributed by atoms with E-state index in [1.54, 1.807) is 23.2 Å². The van der Waals surface area contributed by atoms with Gasteiger partial charge in [0.2, 0.25) is 0 Å². The van der Waals surface area contributed by atoms with E-state index in [0.29, 0.717) is 25.4 Å². The molecular weight excluding hydrogens is 304 g/mol.